The zero-order valence-corrected chi connectivity index (χ0v) is 23.3. The Morgan fingerprint density at radius 2 is 1.51 bits per heavy atom. The second kappa shape index (κ2) is 8.63. The molecule has 0 saturated heterocycles. The Bertz CT molecular complexity index is 1490. The number of anilines is 4. The Balaban J connectivity index is 1.54. The fourth-order valence-electron chi connectivity index (χ4n) is 5.77. The van der Waals surface area contributed by atoms with Gasteiger partial charge >= 0.3 is 0 Å². The number of nitrogens with zero attached hydrogens (tertiary/aromatic N) is 4. The molecule has 0 radical (unpaired) electrons. The molecule has 0 amide bonds. The summed E-state index contributed by atoms with van der Waals surface area (Å²) < 4.78 is 0. The summed E-state index contributed by atoms with van der Waals surface area (Å²) in [7, 11) is 0.122. The third-order valence-corrected chi connectivity index (χ3v) is 11.4. The summed E-state index contributed by atoms with van der Waals surface area (Å²) in [4.78, 5) is 11.7. The van der Waals surface area contributed by atoms with E-state index in [0.717, 1.165) is 6.67 Å². The van der Waals surface area contributed by atoms with Crippen molar-refractivity contribution in [2.75, 3.05) is 23.5 Å². The van der Waals surface area contributed by atoms with Crippen LogP contribution in [0.1, 0.15) is 25.0 Å². The van der Waals surface area contributed by atoms with Gasteiger partial charge in [-0.05, 0) is 53.6 Å². The van der Waals surface area contributed by atoms with Gasteiger partial charge in [0.1, 0.15) is 8.07 Å². The summed E-state index contributed by atoms with van der Waals surface area (Å²) in [5.74, 6) is 0. The summed E-state index contributed by atoms with van der Waals surface area (Å²) in [5, 5.41) is 2.61. The molecule has 0 N–H and O–H groups in total. The van der Waals surface area contributed by atoms with Crippen molar-refractivity contribution in [3.05, 3.63) is 115 Å². The third-order valence-electron chi connectivity index (χ3n) is 8.05. The van der Waals surface area contributed by atoms with Crippen molar-refractivity contribution in [2.24, 2.45) is 0 Å². The molecule has 4 aromatic rings. The first-order chi connectivity index (χ1) is 17.8. The van der Waals surface area contributed by atoms with Crippen molar-refractivity contribution in [2.45, 2.75) is 32.4 Å². The average Bonchev–Trinajstić information content (AvgIpc) is 3.35. The molecule has 0 atom stereocenters. The van der Waals surface area contributed by atoms with E-state index in [1.54, 1.807) is 0 Å². The van der Waals surface area contributed by atoms with E-state index in [1.807, 2.05) is 12.3 Å². The second-order valence-electron chi connectivity index (χ2n) is 11.2. The lowest BCUT2D eigenvalue weighted by Crippen LogP contribution is -2.54. The van der Waals surface area contributed by atoms with Gasteiger partial charge in [0.25, 0.3) is 0 Å². The Morgan fingerprint density at radius 1 is 0.757 bits per heavy atom. The van der Waals surface area contributed by atoms with Crippen LogP contribution in [-0.2, 0) is 5.41 Å². The third kappa shape index (κ3) is 3.85. The van der Waals surface area contributed by atoms with Gasteiger partial charge in [-0.25, -0.2) is 0 Å². The smallest absolute Gasteiger partial charge is 0.135 e. The molecule has 186 valence electrons. The zero-order valence-electron chi connectivity index (χ0n) is 22.3. The highest BCUT2D eigenvalue weighted by molar-refractivity contribution is 7.00. The number of hydrogen-bond donors (Lipinski definition) is 0. The van der Waals surface area contributed by atoms with E-state index in [1.165, 1.54) is 44.4 Å². The van der Waals surface area contributed by atoms with Crippen LogP contribution in [0.15, 0.2) is 104 Å². The predicted molar refractivity (Wildman–Crippen MR) is 158 cm³/mol. The summed E-state index contributed by atoms with van der Waals surface area (Å²) in [6.07, 6.45) is 6.20. The van der Waals surface area contributed by atoms with Gasteiger partial charge in [0, 0.05) is 47.8 Å². The number of rotatable bonds is 4. The molecule has 0 bridgehead atoms. The van der Waals surface area contributed by atoms with Crippen LogP contribution in [-0.4, -0.2) is 31.7 Å². The number of para-hydroxylation sites is 1. The van der Waals surface area contributed by atoms with Crippen LogP contribution < -0.4 is 20.3 Å². The largest absolute Gasteiger partial charge is 0.361 e. The molecule has 0 unspecified atom stereocenters. The molecule has 5 heteroatoms. The van der Waals surface area contributed by atoms with Crippen LogP contribution >= 0.6 is 0 Å². The van der Waals surface area contributed by atoms with Gasteiger partial charge in [0.2, 0.25) is 0 Å². The minimum atomic E-state index is -1.98. The Hall–Kier alpha value is -3.83. The molecule has 2 aliphatic rings. The highest BCUT2D eigenvalue weighted by Crippen LogP contribution is 2.51. The second-order valence-corrected chi connectivity index (χ2v) is 15.6. The van der Waals surface area contributed by atoms with E-state index in [0.29, 0.717) is 0 Å². The maximum atomic E-state index is 4.77. The number of pyridine rings is 1. The van der Waals surface area contributed by atoms with E-state index >= 15 is 0 Å². The molecule has 0 saturated carbocycles. The SMILES string of the molecule is CN1C=CN(c2cccc(N3c4ccccc4C(C)(C)c4ccc([Si](C)(C)c5ccccn5)cc43)c2)C1. The molecule has 0 fully saturated rings. The number of aromatic nitrogens is 1. The van der Waals surface area contributed by atoms with Gasteiger partial charge in [-0.1, -0.05) is 74.6 Å². The minimum Gasteiger partial charge on any atom is -0.361 e. The highest BCUT2D eigenvalue weighted by atomic mass is 28.3. The van der Waals surface area contributed by atoms with Gasteiger partial charge in [-0.3, -0.25) is 4.98 Å². The molecule has 2 aliphatic heterocycles. The van der Waals surface area contributed by atoms with E-state index in [2.05, 4.69) is 140 Å². The lowest BCUT2D eigenvalue weighted by atomic mass is 9.73. The minimum absolute atomic E-state index is 0.102. The lowest BCUT2D eigenvalue weighted by Gasteiger charge is -2.43. The van der Waals surface area contributed by atoms with Crippen molar-refractivity contribution in [1.82, 2.24) is 9.88 Å². The monoisotopic (exact) mass is 502 g/mol. The fraction of sp³-hybridized carbons (Fsp3) is 0.219. The highest BCUT2D eigenvalue weighted by Gasteiger charge is 2.38. The Kier molecular flexibility index (Phi) is 5.50. The quantitative estimate of drug-likeness (QED) is 0.310. The van der Waals surface area contributed by atoms with Gasteiger partial charge in [0.15, 0.2) is 0 Å². The maximum absolute atomic E-state index is 4.77. The topological polar surface area (TPSA) is 22.6 Å². The average molecular weight is 503 g/mol. The molecule has 3 aromatic carbocycles. The molecular formula is C32H34N4Si. The first kappa shape index (κ1) is 23.6. The van der Waals surface area contributed by atoms with Gasteiger partial charge in [-0.15, -0.1) is 0 Å². The van der Waals surface area contributed by atoms with Crippen LogP contribution in [0.2, 0.25) is 13.1 Å². The molecule has 0 spiro atoms. The Morgan fingerprint density at radius 3 is 2.27 bits per heavy atom. The van der Waals surface area contributed by atoms with Crippen LogP contribution in [0, 0.1) is 0 Å². The first-order valence-corrected chi connectivity index (χ1v) is 16.0. The number of benzene rings is 3. The predicted octanol–water partition coefficient (Wildman–Crippen LogP) is 6.19. The van der Waals surface area contributed by atoms with Crippen molar-refractivity contribution >= 4 is 41.3 Å². The summed E-state index contributed by atoms with van der Waals surface area (Å²) in [6.45, 7) is 10.4. The van der Waals surface area contributed by atoms with E-state index in [4.69, 9.17) is 4.98 Å². The van der Waals surface area contributed by atoms with E-state index in [-0.39, 0.29) is 5.41 Å². The molecule has 1 aromatic heterocycles. The van der Waals surface area contributed by atoms with Crippen molar-refractivity contribution in [3.8, 4) is 0 Å². The van der Waals surface area contributed by atoms with Crippen LogP contribution in [0.3, 0.4) is 0 Å². The van der Waals surface area contributed by atoms with E-state index in [9.17, 15) is 0 Å². The van der Waals surface area contributed by atoms with Crippen molar-refractivity contribution < 1.29 is 0 Å². The number of fused-ring (bicyclic) bond motifs is 2. The van der Waals surface area contributed by atoms with Crippen LogP contribution in [0.25, 0.3) is 0 Å². The van der Waals surface area contributed by atoms with Gasteiger partial charge < -0.3 is 14.7 Å². The van der Waals surface area contributed by atoms with Crippen LogP contribution in [0.4, 0.5) is 22.7 Å². The van der Waals surface area contributed by atoms with Crippen molar-refractivity contribution in [1.29, 1.82) is 0 Å². The fourth-order valence-corrected chi connectivity index (χ4v) is 7.98. The lowest BCUT2D eigenvalue weighted by molar-refractivity contribution is 0.496. The molecule has 3 heterocycles. The maximum Gasteiger partial charge on any atom is 0.135 e. The van der Waals surface area contributed by atoms with Crippen molar-refractivity contribution in [3.63, 3.8) is 0 Å². The first-order valence-electron chi connectivity index (χ1n) is 13.0. The van der Waals surface area contributed by atoms with Crippen LogP contribution in [0.5, 0.6) is 0 Å². The molecular weight excluding hydrogens is 468 g/mol. The molecule has 4 nitrogen and oxygen atoms in total. The van der Waals surface area contributed by atoms with Gasteiger partial charge in [0.05, 0.1) is 18.0 Å². The molecule has 37 heavy (non-hydrogen) atoms. The normalized spacial score (nSPS) is 16.1. The summed E-state index contributed by atoms with van der Waals surface area (Å²) in [6, 6.07) is 31.3. The zero-order chi connectivity index (χ0) is 25.8. The van der Waals surface area contributed by atoms with E-state index < -0.39 is 8.07 Å². The standard InChI is InChI=1S/C32H34N4Si/c1-32(2)27-13-6-7-14-29(27)36(25-12-10-11-24(21-25)35-20-19-34(3)23-35)30-22-26(16-17-28(30)32)37(4,5)31-15-8-9-18-33-31/h6-22H,23H2,1-5H3. The van der Waals surface area contributed by atoms with Gasteiger partial charge in [-0.2, -0.15) is 0 Å². The Labute approximate surface area is 221 Å². The summed E-state index contributed by atoms with van der Waals surface area (Å²) in [5.41, 5.74) is 7.50. The molecule has 0 aliphatic carbocycles. The summed E-state index contributed by atoms with van der Waals surface area (Å²) >= 11 is 0. The molecule has 6 rings (SSSR count). The number of hydrogen-bond acceptors (Lipinski definition) is 4.